The third-order valence-electron chi connectivity index (χ3n) is 7.10. The first-order valence-electron chi connectivity index (χ1n) is 12.6. The molecule has 1 aliphatic heterocycles. The first-order valence-corrected chi connectivity index (χ1v) is 12.6. The lowest BCUT2D eigenvalue weighted by Crippen LogP contribution is -2.43. The van der Waals surface area contributed by atoms with Crippen LogP contribution >= 0.6 is 0 Å². The van der Waals surface area contributed by atoms with Crippen LogP contribution in [0.2, 0.25) is 0 Å². The molecule has 0 spiro atoms. The fourth-order valence-corrected chi connectivity index (χ4v) is 5.02. The van der Waals surface area contributed by atoms with Gasteiger partial charge >= 0.3 is 6.18 Å². The molecule has 0 fully saturated rings. The van der Waals surface area contributed by atoms with Crippen molar-refractivity contribution in [1.82, 2.24) is 25.0 Å². The normalized spacial score (nSPS) is 15.2. The number of rotatable bonds is 7. The van der Waals surface area contributed by atoms with E-state index in [4.69, 9.17) is 0 Å². The third kappa shape index (κ3) is 5.81. The second-order valence-corrected chi connectivity index (χ2v) is 9.86. The monoisotopic (exact) mass is 561 g/mol. The first-order chi connectivity index (χ1) is 19.0. The van der Waals surface area contributed by atoms with E-state index in [1.54, 1.807) is 0 Å². The van der Waals surface area contributed by atoms with Crippen LogP contribution in [0.25, 0.3) is 10.8 Å². The summed E-state index contributed by atoms with van der Waals surface area (Å²) in [6.45, 7) is 1.56. The minimum absolute atomic E-state index is 0.000557. The highest BCUT2D eigenvalue weighted by atomic mass is 19.4. The fourth-order valence-electron chi connectivity index (χ4n) is 5.02. The molecule has 3 aromatic carbocycles. The van der Waals surface area contributed by atoms with Crippen LogP contribution in [0.3, 0.4) is 0 Å². The van der Waals surface area contributed by atoms with Crippen LogP contribution in [0.5, 0.6) is 0 Å². The van der Waals surface area contributed by atoms with Gasteiger partial charge in [0.1, 0.15) is 5.82 Å². The Bertz CT molecular complexity index is 1550. The summed E-state index contributed by atoms with van der Waals surface area (Å²) in [5.74, 6) is -4.99. The SMILES string of the molecule is CC(NC(CC(=O)N1CCn2c(nnc2C(F)(F)F)C1)Cc1cc(F)c(F)cc1F)c1ccc2ccccc2c1. The smallest absolute Gasteiger partial charge is 0.333 e. The second kappa shape index (κ2) is 10.9. The number of amides is 1. The molecule has 4 aromatic rings. The van der Waals surface area contributed by atoms with Gasteiger partial charge in [0.05, 0.1) is 6.54 Å². The summed E-state index contributed by atoms with van der Waals surface area (Å²) in [5, 5.41) is 12.2. The molecular formula is C28H25F6N5O. The Morgan fingerprint density at radius 2 is 1.68 bits per heavy atom. The topological polar surface area (TPSA) is 63.1 Å². The van der Waals surface area contributed by atoms with Gasteiger partial charge in [0, 0.05) is 37.7 Å². The van der Waals surface area contributed by atoms with Gasteiger partial charge in [-0.1, -0.05) is 36.4 Å². The van der Waals surface area contributed by atoms with Crippen LogP contribution in [0, 0.1) is 17.5 Å². The Morgan fingerprint density at radius 1 is 0.950 bits per heavy atom. The Labute approximate surface area is 225 Å². The molecule has 0 radical (unpaired) electrons. The number of hydrogen-bond acceptors (Lipinski definition) is 4. The highest BCUT2D eigenvalue weighted by molar-refractivity contribution is 5.83. The summed E-state index contributed by atoms with van der Waals surface area (Å²) in [7, 11) is 0. The molecule has 2 atom stereocenters. The summed E-state index contributed by atoms with van der Waals surface area (Å²) < 4.78 is 82.5. The molecule has 1 amide bonds. The van der Waals surface area contributed by atoms with Crippen LogP contribution in [0.15, 0.2) is 54.6 Å². The summed E-state index contributed by atoms with van der Waals surface area (Å²) in [4.78, 5) is 14.7. The van der Waals surface area contributed by atoms with Crippen molar-refractivity contribution in [2.24, 2.45) is 0 Å². The molecule has 1 aliphatic rings. The zero-order chi connectivity index (χ0) is 28.6. The van der Waals surface area contributed by atoms with Gasteiger partial charge in [0.2, 0.25) is 11.7 Å². The van der Waals surface area contributed by atoms with Crippen LogP contribution in [0.4, 0.5) is 26.3 Å². The number of carbonyl (C=O) groups excluding carboxylic acids is 1. The van der Waals surface area contributed by atoms with Gasteiger partial charge in [0.15, 0.2) is 17.5 Å². The van der Waals surface area contributed by atoms with E-state index < -0.39 is 41.4 Å². The number of benzene rings is 3. The van der Waals surface area contributed by atoms with Gasteiger partial charge in [0.25, 0.3) is 0 Å². The van der Waals surface area contributed by atoms with E-state index in [2.05, 4.69) is 15.5 Å². The minimum atomic E-state index is -4.67. The lowest BCUT2D eigenvalue weighted by molar-refractivity contribution is -0.148. The molecule has 2 heterocycles. The fraction of sp³-hybridized carbons (Fsp3) is 0.321. The lowest BCUT2D eigenvalue weighted by atomic mass is 9.98. The zero-order valence-electron chi connectivity index (χ0n) is 21.4. The van der Waals surface area contributed by atoms with E-state index in [1.807, 2.05) is 49.4 Å². The van der Waals surface area contributed by atoms with E-state index in [9.17, 15) is 31.1 Å². The molecule has 1 N–H and O–H groups in total. The Kier molecular flexibility index (Phi) is 7.54. The van der Waals surface area contributed by atoms with Crippen LogP contribution in [0.1, 0.15) is 42.2 Å². The standard InChI is InChI=1S/C28H25F6N5O/c1-16(18-7-6-17-4-2-3-5-19(17)10-18)35-21(11-20-12-23(30)24(31)14-22(20)29)13-26(40)38-8-9-39-25(15-38)36-37-27(39)28(32,33)34/h2-7,10,12,14,16,21,35H,8-9,11,13,15H2,1H3. The molecule has 40 heavy (non-hydrogen) atoms. The number of carbonyl (C=O) groups is 1. The number of nitrogens with one attached hydrogen (secondary N) is 1. The molecule has 5 rings (SSSR count). The Hall–Kier alpha value is -3.93. The summed E-state index contributed by atoms with van der Waals surface area (Å²) in [6.07, 6.45) is -4.97. The number of fused-ring (bicyclic) bond motifs is 2. The van der Waals surface area contributed by atoms with Gasteiger partial charge in [-0.2, -0.15) is 13.2 Å². The van der Waals surface area contributed by atoms with Crippen molar-refractivity contribution in [3.63, 3.8) is 0 Å². The van der Waals surface area contributed by atoms with E-state index in [-0.39, 0.29) is 49.9 Å². The molecule has 0 bridgehead atoms. The van der Waals surface area contributed by atoms with Crippen molar-refractivity contribution < 1.29 is 31.1 Å². The highest BCUT2D eigenvalue weighted by Crippen LogP contribution is 2.30. The van der Waals surface area contributed by atoms with Crippen molar-refractivity contribution in [2.75, 3.05) is 6.54 Å². The van der Waals surface area contributed by atoms with Crippen molar-refractivity contribution in [1.29, 1.82) is 0 Å². The van der Waals surface area contributed by atoms with Crippen molar-refractivity contribution in [3.8, 4) is 0 Å². The van der Waals surface area contributed by atoms with Crippen molar-refractivity contribution in [2.45, 2.75) is 51.1 Å². The summed E-state index contributed by atoms with van der Waals surface area (Å²) in [5.41, 5.74) is 0.788. The van der Waals surface area contributed by atoms with Gasteiger partial charge in [-0.25, -0.2) is 13.2 Å². The predicted molar refractivity (Wildman–Crippen MR) is 134 cm³/mol. The average Bonchev–Trinajstić information content (AvgIpc) is 3.35. The largest absolute Gasteiger partial charge is 0.451 e. The van der Waals surface area contributed by atoms with E-state index in [0.29, 0.717) is 6.07 Å². The van der Waals surface area contributed by atoms with Gasteiger partial charge in [-0.15, -0.1) is 10.2 Å². The number of halogens is 6. The highest BCUT2D eigenvalue weighted by Gasteiger charge is 2.40. The summed E-state index contributed by atoms with van der Waals surface area (Å²) >= 11 is 0. The molecule has 1 aromatic heterocycles. The quantitative estimate of drug-likeness (QED) is 0.237. The molecule has 0 saturated carbocycles. The molecule has 12 heteroatoms. The molecule has 0 aliphatic carbocycles. The maximum Gasteiger partial charge on any atom is 0.451 e. The lowest BCUT2D eigenvalue weighted by Gasteiger charge is -2.30. The van der Waals surface area contributed by atoms with Gasteiger partial charge in [-0.3, -0.25) is 4.79 Å². The van der Waals surface area contributed by atoms with Crippen molar-refractivity contribution >= 4 is 16.7 Å². The molecule has 210 valence electrons. The predicted octanol–water partition coefficient (Wildman–Crippen LogP) is 5.56. The maximum atomic E-state index is 14.5. The minimum Gasteiger partial charge on any atom is -0.333 e. The zero-order valence-corrected chi connectivity index (χ0v) is 21.4. The number of alkyl halides is 3. The van der Waals surface area contributed by atoms with Gasteiger partial charge in [-0.05, 0) is 47.4 Å². The maximum absolute atomic E-state index is 14.5. The summed E-state index contributed by atoms with van der Waals surface area (Å²) in [6, 6.07) is 13.9. The van der Waals surface area contributed by atoms with Crippen molar-refractivity contribution in [3.05, 3.63) is 94.8 Å². The van der Waals surface area contributed by atoms with Gasteiger partial charge < -0.3 is 14.8 Å². The first kappa shape index (κ1) is 27.6. The Morgan fingerprint density at radius 3 is 2.42 bits per heavy atom. The molecule has 0 saturated heterocycles. The van der Waals surface area contributed by atoms with Crippen LogP contribution in [-0.4, -0.2) is 38.2 Å². The van der Waals surface area contributed by atoms with E-state index in [1.165, 1.54) is 4.90 Å². The Balaban J connectivity index is 1.36. The van der Waals surface area contributed by atoms with E-state index in [0.717, 1.165) is 27.0 Å². The van der Waals surface area contributed by atoms with Crippen LogP contribution < -0.4 is 5.32 Å². The second-order valence-electron chi connectivity index (χ2n) is 9.86. The molecular weight excluding hydrogens is 536 g/mol. The van der Waals surface area contributed by atoms with Crippen LogP contribution in [-0.2, 0) is 30.5 Å². The molecule has 6 nitrogen and oxygen atoms in total. The number of nitrogens with zero attached hydrogens (tertiary/aromatic N) is 4. The third-order valence-corrected chi connectivity index (χ3v) is 7.10. The number of hydrogen-bond donors (Lipinski definition) is 1. The number of aromatic nitrogens is 3. The van der Waals surface area contributed by atoms with E-state index >= 15 is 0 Å². The molecule has 2 unspecified atom stereocenters. The average molecular weight is 562 g/mol.